The van der Waals surface area contributed by atoms with E-state index in [1.165, 1.54) is 18.4 Å². The molecule has 2 nitrogen and oxygen atoms in total. The molecule has 96 valence electrons. The summed E-state index contributed by atoms with van der Waals surface area (Å²) in [5, 5.41) is 7.03. The molecule has 0 aliphatic carbocycles. The van der Waals surface area contributed by atoms with Gasteiger partial charge in [0.15, 0.2) is 0 Å². The van der Waals surface area contributed by atoms with Gasteiger partial charge in [0.05, 0.1) is 0 Å². The molecule has 0 aromatic heterocycles. The minimum Gasteiger partial charge on any atom is -0.317 e. The van der Waals surface area contributed by atoms with Gasteiger partial charge in [0, 0.05) is 18.5 Å². The number of hydrogen-bond donors (Lipinski definition) is 2. The predicted molar refractivity (Wildman–Crippen MR) is 76.4 cm³/mol. The Morgan fingerprint density at radius 2 is 1.65 bits per heavy atom. The maximum Gasteiger partial charge on any atom is 0.0208 e. The fourth-order valence-electron chi connectivity index (χ4n) is 3.07. The summed E-state index contributed by atoms with van der Waals surface area (Å²) in [6.45, 7) is 4.53. The molecular formula is C13H20Cl2N2. The molecule has 0 saturated carbocycles. The third kappa shape index (κ3) is 2.60. The number of fused-ring (bicyclic) bond motifs is 2. The van der Waals surface area contributed by atoms with E-state index in [0.717, 1.165) is 26.2 Å². The highest BCUT2D eigenvalue weighted by Gasteiger charge is 2.37. The zero-order chi connectivity index (χ0) is 10.1. The van der Waals surface area contributed by atoms with Crippen LogP contribution in [0.5, 0.6) is 0 Å². The summed E-state index contributed by atoms with van der Waals surface area (Å²) in [4.78, 5) is 0. The van der Waals surface area contributed by atoms with E-state index >= 15 is 0 Å². The van der Waals surface area contributed by atoms with E-state index in [2.05, 4.69) is 34.9 Å². The van der Waals surface area contributed by atoms with Crippen molar-refractivity contribution in [1.82, 2.24) is 10.6 Å². The summed E-state index contributed by atoms with van der Waals surface area (Å²) >= 11 is 0. The lowest BCUT2D eigenvalue weighted by molar-refractivity contribution is 0.277. The Morgan fingerprint density at radius 3 is 2.41 bits per heavy atom. The normalized spacial score (nSPS) is 20.9. The largest absolute Gasteiger partial charge is 0.317 e. The van der Waals surface area contributed by atoms with E-state index < -0.39 is 0 Å². The molecule has 2 aliphatic rings. The molecule has 17 heavy (non-hydrogen) atoms. The highest BCUT2D eigenvalue weighted by atomic mass is 35.5. The fraction of sp³-hybridized carbons (Fsp3) is 0.538. The van der Waals surface area contributed by atoms with Crippen LogP contribution < -0.4 is 10.6 Å². The van der Waals surface area contributed by atoms with Crippen molar-refractivity contribution in [3.8, 4) is 0 Å². The van der Waals surface area contributed by atoms with E-state index in [1.54, 1.807) is 5.56 Å². The van der Waals surface area contributed by atoms with Gasteiger partial charge < -0.3 is 10.6 Å². The zero-order valence-electron chi connectivity index (χ0n) is 9.87. The average Bonchev–Trinajstić information content (AvgIpc) is 2.31. The van der Waals surface area contributed by atoms with Crippen LogP contribution in [0.4, 0.5) is 0 Å². The van der Waals surface area contributed by atoms with Crippen LogP contribution in [0.1, 0.15) is 24.0 Å². The third-order valence-electron chi connectivity index (χ3n) is 3.93. The minimum absolute atomic E-state index is 0. The molecule has 1 spiro atoms. The molecule has 0 amide bonds. The van der Waals surface area contributed by atoms with Crippen LogP contribution in [0.3, 0.4) is 0 Å². The van der Waals surface area contributed by atoms with Gasteiger partial charge in [-0.05, 0) is 37.1 Å². The third-order valence-corrected chi connectivity index (χ3v) is 3.93. The van der Waals surface area contributed by atoms with Crippen molar-refractivity contribution in [2.45, 2.75) is 24.8 Å². The monoisotopic (exact) mass is 274 g/mol. The first-order chi connectivity index (χ1) is 7.41. The highest BCUT2D eigenvalue weighted by Crippen LogP contribution is 2.37. The Kier molecular flexibility index (Phi) is 5.26. The Balaban J connectivity index is 0.000000722. The first kappa shape index (κ1) is 14.8. The van der Waals surface area contributed by atoms with Crippen LogP contribution in [0.25, 0.3) is 0 Å². The molecule has 1 saturated heterocycles. The second-order valence-corrected chi connectivity index (χ2v) is 4.79. The molecule has 1 fully saturated rings. The van der Waals surface area contributed by atoms with Gasteiger partial charge in [-0.1, -0.05) is 24.3 Å². The van der Waals surface area contributed by atoms with Gasteiger partial charge in [-0.2, -0.15) is 0 Å². The number of hydrogen-bond acceptors (Lipinski definition) is 2. The van der Waals surface area contributed by atoms with Crippen molar-refractivity contribution in [2.75, 3.05) is 19.6 Å². The minimum atomic E-state index is 0. The van der Waals surface area contributed by atoms with E-state index in [4.69, 9.17) is 0 Å². The summed E-state index contributed by atoms with van der Waals surface area (Å²) in [7, 11) is 0. The van der Waals surface area contributed by atoms with E-state index in [0.29, 0.717) is 5.41 Å². The maximum atomic E-state index is 3.57. The first-order valence-electron chi connectivity index (χ1n) is 5.91. The van der Waals surface area contributed by atoms with Gasteiger partial charge in [-0.25, -0.2) is 0 Å². The van der Waals surface area contributed by atoms with E-state index in [9.17, 15) is 0 Å². The van der Waals surface area contributed by atoms with E-state index in [1.807, 2.05) is 0 Å². The van der Waals surface area contributed by atoms with Crippen LogP contribution in [-0.2, 0) is 12.0 Å². The number of nitrogens with one attached hydrogen (secondary N) is 2. The Bertz CT molecular complexity index is 362. The van der Waals surface area contributed by atoms with Crippen LogP contribution in [0, 0.1) is 0 Å². The van der Waals surface area contributed by atoms with Gasteiger partial charge >= 0.3 is 0 Å². The van der Waals surface area contributed by atoms with Gasteiger partial charge in [-0.3, -0.25) is 0 Å². The summed E-state index contributed by atoms with van der Waals surface area (Å²) < 4.78 is 0. The molecule has 4 heteroatoms. The predicted octanol–water partition coefficient (Wildman–Crippen LogP) is 2.25. The van der Waals surface area contributed by atoms with Gasteiger partial charge in [0.2, 0.25) is 0 Å². The Hall–Kier alpha value is -0.280. The van der Waals surface area contributed by atoms with Crippen molar-refractivity contribution in [1.29, 1.82) is 0 Å². The Morgan fingerprint density at radius 1 is 0.941 bits per heavy atom. The zero-order valence-corrected chi connectivity index (χ0v) is 11.5. The lowest BCUT2D eigenvalue weighted by Gasteiger charge is -2.42. The first-order valence-corrected chi connectivity index (χ1v) is 5.91. The van der Waals surface area contributed by atoms with Crippen LogP contribution in [0.15, 0.2) is 24.3 Å². The quantitative estimate of drug-likeness (QED) is 0.759. The second-order valence-electron chi connectivity index (χ2n) is 4.79. The van der Waals surface area contributed by atoms with Crippen molar-refractivity contribution >= 4 is 24.8 Å². The standard InChI is InChI=1S/C13H18N2.2ClH/c1-2-4-12-11(3-1)9-15-10-13(12)5-7-14-8-6-13;;/h1-4,14-15H,5-10H2;2*1H. The van der Waals surface area contributed by atoms with Crippen LogP contribution >= 0.6 is 24.8 Å². The molecule has 3 rings (SSSR count). The van der Waals surface area contributed by atoms with Crippen molar-refractivity contribution in [3.63, 3.8) is 0 Å². The molecule has 0 atom stereocenters. The molecule has 2 aliphatic heterocycles. The van der Waals surface area contributed by atoms with Crippen LogP contribution in [-0.4, -0.2) is 19.6 Å². The van der Waals surface area contributed by atoms with Crippen molar-refractivity contribution < 1.29 is 0 Å². The number of piperidine rings is 1. The molecule has 1 aromatic carbocycles. The lowest BCUT2D eigenvalue weighted by Crippen LogP contribution is -2.49. The van der Waals surface area contributed by atoms with E-state index in [-0.39, 0.29) is 24.8 Å². The molecule has 0 unspecified atom stereocenters. The molecular weight excluding hydrogens is 255 g/mol. The van der Waals surface area contributed by atoms with Crippen molar-refractivity contribution in [2.24, 2.45) is 0 Å². The summed E-state index contributed by atoms with van der Waals surface area (Å²) in [6.07, 6.45) is 2.55. The summed E-state index contributed by atoms with van der Waals surface area (Å²) in [5.74, 6) is 0. The molecule has 2 N–H and O–H groups in total. The summed E-state index contributed by atoms with van der Waals surface area (Å²) in [5.41, 5.74) is 3.52. The lowest BCUT2D eigenvalue weighted by atomic mass is 9.70. The van der Waals surface area contributed by atoms with Gasteiger partial charge in [-0.15, -0.1) is 24.8 Å². The molecule has 1 aromatic rings. The summed E-state index contributed by atoms with van der Waals surface area (Å²) in [6, 6.07) is 8.95. The molecule has 0 bridgehead atoms. The number of benzene rings is 1. The molecule has 2 heterocycles. The Labute approximate surface area is 115 Å². The highest BCUT2D eigenvalue weighted by molar-refractivity contribution is 5.85. The number of halogens is 2. The van der Waals surface area contributed by atoms with Crippen molar-refractivity contribution in [3.05, 3.63) is 35.4 Å². The number of rotatable bonds is 0. The second kappa shape index (κ2) is 6.05. The van der Waals surface area contributed by atoms with Gasteiger partial charge in [0.1, 0.15) is 0 Å². The van der Waals surface area contributed by atoms with Crippen LogP contribution in [0.2, 0.25) is 0 Å². The maximum absolute atomic E-state index is 3.57. The van der Waals surface area contributed by atoms with Gasteiger partial charge in [0.25, 0.3) is 0 Å². The topological polar surface area (TPSA) is 24.1 Å². The fourth-order valence-corrected chi connectivity index (χ4v) is 3.07. The SMILES string of the molecule is Cl.Cl.c1ccc2c(c1)CNCC21CCNCC1. The smallest absolute Gasteiger partial charge is 0.0208 e. The molecule has 0 radical (unpaired) electrons. The average molecular weight is 275 g/mol.